The molecule has 2 heterocycles. The minimum absolute atomic E-state index is 0.146. The molecule has 8 nitrogen and oxygen atoms in total. The molecule has 2 aliphatic heterocycles. The van der Waals surface area contributed by atoms with Crippen molar-refractivity contribution in [2.24, 2.45) is 0 Å². The van der Waals surface area contributed by atoms with E-state index in [9.17, 15) is 19.8 Å². The Morgan fingerprint density at radius 3 is 1.36 bits per heavy atom. The van der Waals surface area contributed by atoms with Crippen LogP contribution in [-0.2, 0) is 19.3 Å². The van der Waals surface area contributed by atoms with E-state index in [0.717, 1.165) is 59.1 Å². The number of carbonyl (C=O) groups excluding carboxylic acids is 2. The molecule has 2 aromatic rings. The molecule has 0 bridgehead atoms. The number of aryl methyl sites for hydroxylation is 4. The van der Waals surface area contributed by atoms with Gasteiger partial charge in [-0.15, -0.1) is 10.1 Å². The van der Waals surface area contributed by atoms with Gasteiger partial charge in [-0.3, -0.25) is 0 Å². The summed E-state index contributed by atoms with van der Waals surface area (Å²) in [7, 11) is 0. The summed E-state index contributed by atoms with van der Waals surface area (Å²) in [5.41, 5.74) is 6.51. The molecule has 194 valence electrons. The van der Waals surface area contributed by atoms with Crippen LogP contribution < -0.4 is 0 Å². The highest BCUT2D eigenvalue weighted by Gasteiger charge is 2.39. The number of benzene rings is 2. The van der Waals surface area contributed by atoms with Gasteiger partial charge in [0, 0.05) is 13.1 Å². The van der Waals surface area contributed by atoms with Gasteiger partial charge in [-0.25, -0.2) is 9.59 Å². The van der Waals surface area contributed by atoms with Crippen LogP contribution in [0.1, 0.15) is 71.1 Å². The molecule has 0 saturated carbocycles. The Kier molecular flexibility index (Phi) is 8.10. The van der Waals surface area contributed by atoms with Crippen molar-refractivity contribution in [1.82, 2.24) is 10.1 Å². The lowest BCUT2D eigenvalue weighted by atomic mass is 10.0. The SMILES string of the molecule is Cc1cc(C)cc([C@@H]2CCCN2OC(=O)C(O)C(O)C(=O)ON2CCC[C@H]2c2cc(C)cc(C)c2)c1. The van der Waals surface area contributed by atoms with Gasteiger partial charge in [0.15, 0.2) is 12.2 Å². The van der Waals surface area contributed by atoms with Crippen molar-refractivity contribution in [2.75, 3.05) is 13.1 Å². The number of hydrogen-bond donors (Lipinski definition) is 2. The van der Waals surface area contributed by atoms with E-state index in [1.54, 1.807) is 0 Å². The van der Waals surface area contributed by atoms with Crippen LogP contribution in [0.3, 0.4) is 0 Å². The van der Waals surface area contributed by atoms with Crippen LogP contribution in [0.5, 0.6) is 0 Å². The van der Waals surface area contributed by atoms with Crippen LogP contribution in [0.15, 0.2) is 36.4 Å². The fourth-order valence-electron chi connectivity index (χ4n) is 5.37. The molecule has 8 heteroatoms. The van der Waals surface area contributed by atoms with Crippen molar-refractivity contribution in [3.05, 3.63) is 69.8 Å². The lowest BCUT2D eigenvalue weighted by Gasteiger charge is -2.27. The monoisotopic (exact) mass is 496 g/mol. The lowest BCUT2D eigenvalue weighted by Crippen LogP contribution is -2.45. The number of aliphatic hydroxyl groups is 2. The summed E-state index contributed by atoms with van der Waals surface area (Å²) in [6.07, 6.45) is -0.876. The molecule has 4 atom stereocenters. The van der Waals surface area contributed by atoms with Crippen molar-refractivity contribution in [1.29, 1.82) is 0 Å². The minimum Gasteiger partial charge on any atom is -0.379 e. The van der Waals surface area contributed by atoms with Gasteiger partial charge < -0.3 is 19.9 Å². The highest BCUT2D eigenvalue weighted by atomic mass is 16.7. The fourth-order valence-corrected chi connectivity index (χ4v) is 5.37. The fraction of sp³-hybridized carbons (Fsp3) is 0.500. The summed E-state index contributed by atoms with van der Waals surface area (Å²) in [6, 6.07) is 12.1. The third kappa shape index (κ3) is 5.95. The average molecular weight is 497 g/mol. The zero-order valence-corrected chi connectivity index (χ0v) is 21.4. The highest BCUT2D eigenvalue weighted by molar-refractivity contribution is 5.85. The Hall–Kier alpha value is -2.78. The Morgan fingerprint density at radius 2 is 1.03 bits per heavy atom. The number of nitrogens with zero attached hydrogens (tertiary/aromatic N) is 2. The second kappa shape index (κ2) is 11.1. The van der Waals surface area contributed by atoms with Gasteiger partial charge in [0.25, 0.3) is 0 Å². The van der Waals surface area contributed by atoms with E-state index >= 15 is 0 Å². The van der Waals surface area contributed by atoms with Crippen LogP contribution in [0.25, 0.3) is 0 Å². The Bertz CT molecular complexity index is 991. The van der Waals surface area contributed by atoms with Crippen LogP contribution in [0.4, 0.5) is 0 Å². The standard InChI is InChI=1S/C28H36N2O6/c1-17-11-18(2)14-21(13-17)23-7-5-9-29(23)35-27(33)25(31)26(32)28(34)36-30-10-6-8-24(30)22-15-19(3)12-20(4)16-22/h11-16,23-26,31-32H,5-10H2,1-4H3/t23-,24-,25?,26?/m0/s1. The van der Waals surface area contributed by atoms with Gasteiger partial charge in [0.05, 0.1) is 12.1 Å². The van der Waals surface area contributed by atoms with Crippen molar-refractivity contribution in [3.63, 3.8) is 0 Å². The Morgan fingerprint density at radius 1 is 0.694 bits per heavy atom. The summed E-state index contributed by atoms with van der Waals surface area (Å²) in [5.74, 6) is -2.16. The van der Waals surface area contributed by atoms with Gasteiger partial charge in [0.2, 0.25) is 0 Å². The highest BCUT2D eigenvalue weighted by Crippen LogP contribution is 2.34. The summed E-state index contributed by atoms with van der Waals surface area (Å²) in [5, 5.41) is 23.9. The molecular weight excluding hydrogens is 460 g/mol. The average Bonchev–Trinajstić information content (AvgIpc) is 3.46. The van der Waals surface area contributed by atoms with Crippen molar-refractivity contribution >= 4 is 11.9 Å². The third-order valence-corrected chi connectivity index (χ3v) is 6.86. The number of rotatable bonds is 7. The predicted octanol–water partition coefficient (Wildman–Crippen LogP) is 3.53. The van der Waals surface area contributed by atoms with E-state index in [4.69, 9.17) is 9.68 Å². The number of aliphatic hydroxyl groups excluding tert-OH is 2. The molecule has 0 radical (unpaired) electrons. The van der Waals surface area contributed by atoms with Gasteiger partial charge in [-0.2, -0.15) is 0 Å². The topological polar surface area (TPSA) is 99.5 Å². The lowest BCUT2D eigenvalue weighted by molar-refractivity contribution is -0.222. The first kappa shape index (κ1) is 26.3. The van der Waals surface area contributed by atoms with E-state index < -0.39 is 24.1 Å². The summed E-state index contributed by atoms with van der Waals surface area (Å²) in [6.45, 7) is 9.05. The van der Waals surface area contributed by atoms with E-state index in [-0.39, 0.29) is 12.1 Å². The summed E-state index contributed by atoms with van der Waals surface area (Å²) < 4.78 is 0. The summed E-state index contributed by atoms with van der Waals surface area (Å²) in [4.78, 5) is 36.2. The normalized spacial score (nSPS) is 22.4. The molecule has 2 saturated heterocycles. The van der Waals surface area contributed by atoms with Gasteiger partial charge in [-0.1, -0.05) is 58.7 Å². The second-order valence-corrected chi connectivity index (χ2v) is 10.1. The third-order valence-electron chi connectivity index (χ3n) is 6.86. The number of hydrogen-bond acceptors (Lipinski definition) is 8. The molecule has 36 heavy (non-hydrogen) atoms. The maximum atomic E-state index is 12.7. The van der Waals surface area contributed by atoms with Crippen molar-refractivity contribution in [2.45, 2.75) is 77.7 Å². The van der Waals surface area contributed by atoms with Gasteiger partial charge >= 0.3 is 11.9 Å². The van der Waals surface area contributed by atoms with Gasteiger partial charge in [0.1, 0.15) is 0 Å². The first-order valence-electron chi connectivity index (χ1n) is 12.6. The molecule has 2 unspecified atom stereocenters. The predicted molar refractivity (Wildman–Crippen MR) is 133 cm³/mol. The first-order chi connectivity index (χ1) is 17.1. The zero-order chi connectivity index (χ0) is 26.0. The number of carbonyl (C=O) groups is 2. The van der Waals surface area contributed by atoms with Crippen LogP contribution >= 0.6 is 0 Å². The molecule has 2 aliphatic rings. The molecule has 0 aromatic heterocycles. The molecule has 2 aromatic carbocycles. The maximum Gasteiger partial charge on any atom is 0.357 e. The summed E-state index contributed by atoms with van der Waals surface area (Å²) >= 11 is 0. The molecule has 0 aliphatic carbocycles. The van der Waals surface area contributed by atoms with Crippen LogP contribution in [0.2, 0.25) is 0 Å². The van der Waals surface area contributed by atoms with Gasteiger partial charge in [-0.05, 0) is 64.5 Å². The first-order valence-corrected chi connectivity index (χ1v) is 12.6. The molecular formula is C28H36N2O6. The van der Waals surface area contributed by atoms with E-state index in [1.807, 2.05) is 27.7 Å². The molecule has 4 rings (SSSR count). The van der Waals surface area contributed by atoms with E-state index in [1.165, 1.54) is 10.1 Å². The molecule has 2 N–H and O–H groups in total. The Balaban J connectivity index is 1.37. The largest absolute Gasteiger partial charge is 0.379 e. The van der Waals surface area contributed by atoms with Crippen molar-refractivity contribution < 1.29 is 29.5 Å². The maximum absolute atomic E-state index is 12.7. The quantitative estimate of drug-likeness (QED) is 0.601. The van der Waals surface area contributed by atoms with E-state index in [0.29, 0.717) is 13.1 Å². The Labute approximate surface area is 212 Å². The molecule has 0 spiro atoms. The molecule has 0 amide bonds. The second-order valence-electron chi connectivity index (χ2n) is 10.1. The van der Waals surface area contributed by atoms with E-state index in [2.05, 4.69) is 36.4 Å². The minimum atomic E-state index is -2.06. The number of hydroxylamine groups is 4. The van der Waals surface area contributed by atoms with Crippen LogP contribution in [-0.4, -0.2) is 57.6 Å². The van der Waals surface area contributed by atoms with Crippen LogP contribution in [0, 0.1) is 27.7 Å². The molecule has 2 fully saturated rings. The zero-order valence-electron chi connectivity index (χ0n) is 21.4. The van der Waals surface area contributed by atoms with Crippen molar-refractivity contribution in [3.8, 4) is 0 Å². The smallest absolute Gasteiger partial charge is 0.357 e.